The second-order valence-electron chi connectivity index (χ2n) is 4.40. The van der Waals surface area contributed by atoms with E-state index in [1.807, 2.05) is 0 Å². The lowest BCUT2D eigenvalue weighted by Crippen LogP contribution is -2.46. The minimum absolute atomic E-state index is 0.565. The lowest BCUT2D eigenvalue weighted by Gasteiger charge is -2.27. The SMILES string of the molecule is COCCN(CCOC)C(=S)NC1CCCC1. The van der Waals surface area contributed by atoms with Crippen molar-refractivity contribution in [1.82, 2.24) is 10.2 Å². The minimum atomic E-state index is 0.565. The van der Waals surface area contributed by atoms with Gasteiger partial charge in [-0.25, -0.2) is 0 Å². The van der Waals surface area contributed by atoms with E-state index in [9.17, 15) is 0 Å². The molecule has 4 nitrogen and oxygen atoms in total. The van der Waals surface area contributed by atoms with Gasteiger partial charge in [-0.05, 0) is 25.1 Å². The van der Waals surface area contributed by atoms with Crippen LogP contribution < -0.4 is 5.32 Å². The van der Waals surface area contributed by atoms with Gasteiger partial charge in [0.1, 0.15) is 0 Å². The maximum atomic E-state index is 5.44. The van der Waals surface area contributed by atoms with E-state index in [-0.39, 0.29) is 0 Å². The smallest absolute Gasteiger partial charge is 0.169 e. The summed E-state index contributed by atoms with van der Waals surface area (Å²) in [5.74, 6) is 0. The molecule has 0 saturated heterocycles. The van der Waals surface area contributed by atoms with Crippen LogP contribution in [0.3, 0.4) is 0 Å². The highest BCUT2D eigenvalue weighted by Gasteiger charge is 2.18. The lowest BCUT2D eigenvalue weighted by atomic mass is 10.2. The summed E-state index contributed by atoms with van der Waals surface area (Å²) in [5.41, 5.74) is 0. The van der Waals surface area contributed by atoms with Gasteiger partial charge in [0.25, 0.3) is 0 Å². The summed E-state index contributed by atoms with van der Waals surface area (Å²) in [6.07, 6.45) is 5.11. The zero-order valence-electron chi connectivity index (χ0n) is 10.9. The molecule has 1 saturated carbocycles. The topological polar surface area (TPSA) is 33.7 Å². The standard InChI is InChI=1S/C12H24N2O2S/c1-15-9-7-14(8-10-16-2)12(17)13-11-5-3-4-6-11/h11H,3-10H2,1-2H3,(H,13,17). The molecule has 1 aliphatic carbocycles. The summed E-state index contributed by atoms with van der Waals surface area (Å²) in [7, 11) is 3.42. The van der Waals surface area contributed by atoms with E-state index in [4.69, 9.17) is 21.7 Å². The summed E-state index contributed by atoms with van der Waals surface area (Å²) in [5, 5.41) is 4.28. The van der Waals surface area contributed by atoms with E-state index in [0.717, 1.165) is 18.2 Å². The summed E-state index contributed by atoms with van der Waals surface area (Å²) in [6, 6.07) is 0.565. The van der Waals surface area contributed by atoms with Crippen molar-refractivity contribution in [2.45, 2.75) is 31.7 Å². The quantitative estimate of drug-likeness (QED) is 0.700. The lowest BCUT2D eigenvalue weighted by molar-refractivity contribution is 0.145. The van der Waals surface area contributed by atoms with E-state index < -0.39 is 0 Å². The largest absolute Gasteiger partial charge is 0.383 e. The predicted molar refractivity (Wildman–Crippen MR) is 73.3 cm³/mol. The first-order chi connectivity index (χ1) is 8.27. The van der Waals surface area contributed by atoms with Gasteiger partial charge in [0.2, 0.25) is 0 Å². The highest BCUT2D eigenvalue weighted by Crippen LogP contribution is 2.17. The van der Waals surface area contributed by atoms with Crippen molar-refractivity contribution in [1.29, 1.82) is 0 Å². The number of hydrogen-bond acceptors (Lipinski definition) is 3. The zero-order chi connectivity index (χ0) is 12.5. The van der Waals surface area contributed by atoms with Crippen molar-refractivity contribution >= 4 is 17.3 Å². The third kappa shape index (κ3) is 5.66. The van der Waals surface area contributed by atoms with Gasteiger partial charge in [0, 0.05) is 33.4 Å². The van der Waals surface area contributed by atoms with Crippen LogP contribution in [0.2, 0.25) is 0 Å². The summed E-state index contributed by atoms with van der Waals surface area (Å²) in [6.45, 7) is 3.02. The molecular weight excluding hydrogens is 236 g/mol. The molecule has 1 aliphatic rings. The Hall–Kier alpha value is -0.390. The van der Waals surface area contributed by atoms with Crippen LogP contribution in [-0.4, -0.2) is 56.6 Å². The molecule has 17 heavy (non-hydrogen) atoms. The number of rotatable bonds is 7. The molecular formula is C12H24N2O2S. The third-order valence-electron chi connectivity index (χ3n) is 3.10. The average Bonchev–Trinajstić information content (AvgIpc) is 2.82. The first-order valence-electron chi connectivity index (χ1n) is 6.31. The Morgan fingerprint density at radius 1 is 1.18 bits per heavy atom. The van der Waals surface area contributed by atoms with Gasteiger partial charge in [-0.1, -0.05) is 12.8 Å². The molecule has 1 rings (SSSR count). The molecule has 0 amide bonds. The third-order valence-corrected chi connectivity index (χ3v) is 3.48. The zero-order valence-corrected chi connectivity index (χ0v) is 11.7. The number of ether oxygens (including phenoxy) is 2. The van der Waals surface area contributed by atoms with Crippen LogP contribution in [0.1, 0.15) is 25.7 Å². The number of nitrogens with zero attached hydrogens (tertiary/aromatic N) is 1. The van der Waals surface area contributed by atoms with Crippen molar-refractivity contribution in [3.05, 3.63) is 0 Å². The van der Waals surface area contributed by atoms with Crippen LogP contribution in [0.5, 0.6) is 0 Å². The number of methoxy groups -OCH3 is 2. The minimum Gasteiger partial charge on any atom is -0.383 e. The highest BCUT2D eigenvalue weighted by atomic mass is 32.1. The molecule has 1 N–H and O–H groups in total. The normalized spacial score (nSPS) is 16.1. The predicted octanol–water partition coefficient (Wildman–Crippen LogP) is 1.40. The van der Waals surface area contributed by atoms with Gasteiger partial charge in [-0.2, -0.15) is 0 Å². The van der Waals surface area contributed by atoms with Gasteiger partial charge >= 0.3 is 0 Å². The van der Waals surface area contributed by atoms with Crippen molar-refractivity contribution in [2.75, 3.05) is 40.5 Å². The van der Waals surface area contributed by atoms with Crippen LogP contribution in [0.15, 0.2) is 0 Å². The fourth-order valence-corrected chi connectivity index (χ4v) is 2.40. The fraction of sp³-hybridized carbons (Fsp3) is 0.917. The molecule has 1 fully saturated rings. The second kappa shape index (κ2) is 8.66. The number of hydrogen-bond donors (Lipinski definition) is 1. The van der Waals surface area contributed by atoms with Crippen molar-refractivity contribution in [2.24, 2.45) is 0 Å². The first-order valence-corrected chi connectivity index (χ1v) is 6.72. The Morgan fingerprint density at radius 3 is 2.18 bits per heavy atom. The molecule has 0 heterocycles. The highest BCUT2D eigenvalue weighted by molar-refractivity contribution is 7.80. The van der Waals surface area contributed by atoms with Gasteiger partial charge in [0.15, 0.2) is 5.11 Å². The molecule has 0 aromatic rings. The maximum Gasteiger partial charge on any atom is 0.169 e. The fourth-order valence-electron chi connectivity index (χ4n) is 2.05. The van der Waals surface area contributed by atoms with Crippen molar-refractivity contribution in [3.63, 3.8) is 0 Å². The molecule has 0 atom stereocenters. The molecule has 5 heteroatoms. The van der Waals surface area contributed by atoms with E-state index in [1.54, 1.807) is 14.2 Å². The number of nitrogens with one attached hydrogen (secondary N) is 1. The second-order valence-corrected chi connectivity index (χ2v) is 4.79. The molecule has 0 aromatic carbocycles. The summed E-state index contributed by atoms with van der Waals surface area (Å²) >= 11 is 5.44. The van der Waals surface area contributed by atoms with Crippen LogP contribution in [0, 0.1) is 0 Å². The maximum absolute atomic E-state index is 5.44. The van der Waals surface area contributed by atoms with Crippen molar-refractivity contribution < 1.29 is 9.47 Å². The molecule has 100 valence electrons. The molecule has 0 aromatic heterocycles. The first kappa shape index (κ1) is 14.7. The Balaban J connectivity index is 2.34. The Bertz CT molecular complexity index is 213. The Morgan fingerprint density at radius 2 is 1.71 bits per heavy atom. The molecule has 0 radical (unpaired) electrons. The summed E-state index contributed by atoms with van der Waals surface area (Å²) < 4.78 is 10.2. The monoisotopic (exact) mass is 260 g/mol. The molecule has 0 spiro atoms. The van der Waals surface area contributed by atoms with Gasteiger partial charge < -0.3 is 19.7 Å². The number of thiocarbonyl (C=S) groups is 1. The molecule has 0 bridgehead atoms. The molecule has 0 unspecified atom stereocenters. The Labute approximate surface area is 110 Å². The Kier molecular flexibility index (Phi) is 7.48. The van der Waals surface area contributed by atoms with Gasteiger partial charge in [0.05, 0.1) is 13.2 Å². The van der Waals surface area contributed by atoms with Crippen molar-refractivity contribution in [3.8, 4) is 0 Å². The van der Waals surface area contributed by atoms with E-state index in [1.165, 1.54) is 25.7 Å². The van der Waals surface area contributed by atoms with Gasteiger partial charge in [-0.15, -0.1) is 0 Å². The molecule has 0 aliphatic heterocycles. The van der Waals surface area contributed by atoms with E-state index in [2.05, 4.69) is 10.2 Å². The average molecular weight is 260 g/mol. The van der Waals surface area contributed by atoms with E-state index in [0.29, 0.717) is 19.3 Å². The van der Waals surface area contributed by atoms with Gasteiger partial charge in [-0.3, -0.25) is 0 Å². The summed E-state index contributed by atoms with van der Waals surface area (Å²) in [4.78, 5) is 2.13. The van der Waals surface area contributed by atoms with E-state index >= 15 is 0 Å². The van der Waals surface area contributed by atoms with Crippen LogP contribution in [-0.2, 0) is 9.47 Å². The van der Waals surface area contributed by atoms with Crippen LogP contribution >= 0.6 is 12.2 Å². The van der Waals surface area contributed by atoms with Crippen LogP contribution in [0.4, 0.5) is 0 Å². The van der Waals surface area contributed by atoms with Crippen LogP contribution in [0.25, 0.3) is 0 Å².